The van der Waals surface area contributed by atoms with Crippen molar-refractivity contribution in [1.29, 1.82) is 0 Å². The topological polar surface area (TPSA) is 40.6 Å². The van der Waals surface area contributed by atoms with Gasteiger partial charge in [0.05, 0.1) is 5.56 Å². The van der Waals surface area contributed by atoms with E-state index in [0.717, 1.165) is 74.4 Å². The van der Waals surface area contributed by atoms with Gasteiger partial charge in [0, 0.05) is 0 Å². The Morgan fingerprint density at radius 3 is 2.10 bits per heavy atom. The molecule has 0 aliphatic carbocycles. The molecule has 4 nitrogen and oxygen atoms in total. The molecule has 1 heterocycles. The normalized spacial score (nSPS) is 14.8. The third-order valence-electron chi connectivity index (χ3n) is 9.20. The summed E-state index contributed by atoms with van der Waals surface area (Å²) in [7, 11) is 0. The number of nitrogens with zero attached hydrogens (tertiary/aromatic N) is 2. The van der Waals surface area contributed by atoms with Crippen LogP contribution in [-0.2, 0) is 39.6 Å². The second-order valence-corrected chi connectivity index (χ2v) is 19.2. The van der Waals surface area contributed by atoms with Gasteiger partial charge in [-0.2, -0.15) is 13.2 Å². The van der Waals surface area contributed by atoms with Gasteiger partial charge in [-0.3, -0.25) is 0 Å². The van der Waals surface area contributed by atoms with Crippen LogP contribution in [-0.4, -0.2) is 49.6 Å². The zero-order valence-electron chi connectivity index (χ0n) is 29.2. The molecule has 0 unspecified atom stereocenters. The van der Waals surface area contributed by atoms with E-state index in [4.69, 9.17) is 0 Å². The Morgan fingerprint density at radius 1 is 0.808 bits per heavy atom. The van der Waals surface area contributed by atoms with Crippen molar-refractivity contribution < 1.29 is 31.5 Å². The van der Waals surface area contributed by atoms with Gasteiger partial charge in [-0.05, 0) is 6.42 Å². The van der Waals surface area contributed by atoms with Crippen molar-refractivity contribution in [2.24, 2.45) is 0 Å². The molecule has 10 heteroatoms. The first-order valence-electron chi connectivity index (χ1n) is 17.6. The molecule has 1 saturated heterocycles. The third kappa shape index (κ3) is 11.2. The van der Waals surface area contributed by atoms with Gasteiger partial charge < -0.3 is 0 Å². The first kappa shape index (κ1) is 39.2. The van der Waals surface area contributed by atoms with Gasteiger partial charge in [0.2, 0.25) is 0 Å². The SMILES string of the molecule is CCCCCc1ccc(CN(C(=O)/C=C/c2ccc(C(F)(F)F)cc2)[C@@H](Cc2ccc(F)c(F)c2)C(=O)N2CCI(Cc3ccccc3)CC2)cc1. The molecule has 5 rings (SSSR count). The Labute approximate surface area is 310 Å². The van der Waals surface area contributed by atoms with E-state index in [1.165, 1.54) is 40.8 Å². The number of unbranched alkanes of at least 4 members (excludes halogenated alkanes) is 2. The molecule has 4 aromatic carbocycles. The average Bonchev–Trinajstić information content (AvgIpc) is 3.14. The molecule has 1 aliphatic heterocycles. The molecular formula is C42H44F5IN2O2. The predicted molar refractivity (Wildman–Crippen MR) is 205 cm³/mol. The Bertz CT molecular complexity index is 1790. The molecule has 0 N–H and O–H groups in total. The number of halogens is 6. The van der Waals surface area contributed by atoms with E-state index >= 15 is 0 Å². The van der Waals surface area contributed by atoms with Gasteiger partial charge in [-0.15, -0.1) is 0 Å². The monoisotopic (exact) mass is 830 g/mol. The summed E-state index contributed by atoms with van der Waals surface area (Å²) in [6.45, 7) is 3.32. The maximum absolute atomic E-state index is 14.5. The Morgan fingerprint density at radius 2 is 1.46 bits per heavy atom. The number of hydrogen-bond acceptors (Lipinski definition) is 2. The molecule has 0 bridgehead atoms. The molecule has 1 aliphatic rings. The summed E-state index contributed by atoms with van der Waals surface area (Å²) in [4.78, 5) is 31.9. The van der Waals surface area contributed by atoms with Crippen molar-refractivity contribution in [3.05, 3.63) is 148 Å². The summed E-state index contributed by atoms with van der Waals surface area (Å²) < 4.78 is 70.8. The standard InChI is InChI=1S/C42H44F5IN2O2/c1-2-3-5-8-31-11-13-34(14-12-31)30-50(40(51)22-18-32-15-19-36(20-16-32)42(45,46)47)39(28-35-17-21-37(43)38(44)27-35)41(52)49-25-23-48(24-26-49)29-33-9-6-4-7-10-33/h4,6-7,9-22,27,39H,2-3,5,8,23-26,28-30H2,1H3/b22-18+/t39-/m0/s1. The van der Waals surface area contributed by atoms with Crippen LogP contribution in [0.5, 0.6) is 0 Å². The summed E-state index contributed by atoms with van der Waals surface area (Å²) in [5.74, 6) is -2.85. The summed E-state index contributed by atoms with van der Waals surface area (Å²) in [5.41, 5.74) is 3.19. The first-order chi connectivity index (χ1) is 25.0. The van der Waals surface area contributed by atoms with Crippen molar-refractivity contribution in [1.82, 2.24) is 9.80 Å². The van der Waals surface area contributed by atoms with Gasteiger partial charge in [0.1, 0.15) is 0 Å². The van der Waals surface area contributed by atoms with Gasteiger partial charge >= 0.3 is 266 Å². The first-order valence-corrected chi connectivity index (χ1v) is 22.2. The van der Waals surface area contributed by atoms with Crippen LogP contribution in [0.1, 0.15) is 59.6 Å². The molecule has 4 aromatic rings. The Balaban J connectivity index is 1.43. The van der Waals surface area contributed by atoms with Crippen molar-refractivity contribution >= 4 is 37.7 Å². The summed E-state index contributed by atoms with van der Waals surface area (Å²) in [6, 6.07) is 25.1. The summed E-state index contributed by atoms with van der Waals surface area (Å²) in [6.07, 6.45) is 2.35. The van der Waals surface area contributed by atoms with Crippen LogP contribution in [0.15, 0.2) is 103 Å². The van der Waals surface area contributed by atoms with E-state index in [1.54, 1.807) is 4.90 Å². The number of benzene rings is 4. The van der Waals surface area contributed by atoms with Crippen LogP contribution in [0.4, 0.5) is 22.0 Å². The van der Waals surface area contributed by atoms with Crippen molar-refractivity contribution in [3.8, 4) is 0 Å². The number of rotatable bonds is 14. The number of alkyl halides is 6. The number of aryl methyl sites for hydroxylation is 1. The van der Waals surface area contributed by atoms with E-state index in [0.29, 0.717) is 24.2 Å². The molecular weight excluding hydrogens is 786 g/mol. The molecule has 0 saturated carbocycles. The maximum atomic E-state index is 14.5. The summed E-state index contributed by atoms with van der Waals surface area (Å²) >= 11 is -1.37. The van der Waals surface area contributed by atoms with Crippen LogP contribution in [0.25, 0.3) is 6.08 Å². The van der Waals surface area contributed by atoms with Crippen LogP contribution in [0.3, 0.4) is 0 Å². The van der Waals surface area contributed by atoms with Crippen LogP contribution in [0.2, 0.25) is 0 Å². The minimum atomic E-state index is -4.49. The quantitative estimate of drug-likeness (QED) is 0.0418. The Kier molecular flexibility index (Phi) is 14.0. The Hall–Kier alpha value is -4.06. The fraction of sp³-hybridized carbons (Fsp3) is 0.333. The second-order valence-electron chi connectivity index (χ2n) is 13.1. The van der Waals surface area contributed by atoms with Gasteiger partial charge in [-0.1, -0.05) is 19.8 Å². The number of hydrogen-bond donors (Lipinski definition) is 0. The number of amides is 2. The molecule has 52 heavy (non-hydrogen) atoms. The molecule has 0 aromatic heterocycles. The minimum absolute atomic E-state index is 0.0478. The van der Waals surface area contributed by atoms with Crippen molar-refractivity contribution in [2.45, 2.75) is 62.2 Å². The van der Waals surface area contributed by atoms with Crippen LogP contribution < -0.4 is 0 Å². The van der Waals surface area contributed by atoms with E-state index in [9.17, 15) is 31.5 Å². The zero-order valence-corrected chi connectivity index (χ0v) is 31.4. The zero-order chi connectivity index (χ0) is 37.1. The fourth-order valence-corrected chi connectivity index (χ4v) is 11.8. The second kappa shape index (κ2) is 18.6. The molecule has 2 amide bonds. The predicted octanol–water partition coefficient (Wildman–Crippen LogP) is 9.92. The van der Waals surface area contributed by atoms with E-state index in [-0.39, 0.29) is 18.9 Å². The van der Waals surface area contributed by atoms with Crippen LogP contribution >= 0.6 is 19.8 Å². The number of carbonyl (C=O) groups is 2. The molecule has 1 atom stereocenters. The van der Waals surface area contributed by atoms with E-state index in [1.807, 2.05) is 42.5 Å². The molecule has 0 spiro atoms. The summed E-state index contributed by atoms with van der Waals surface area (Å²) in [5, 5.41) is 0. The molecule has 1 fully saturated rings. The van der Waals surface area contributed by atoms with Crippen molar-refractivity contribution in [2.75, 3.05) is 21.9 Å². The van der Waals surface area contributed by atoms with Crippen molar-refractivity contribution in [3.63, 3.8) is 0 Å². The number of carbonyl (C=O) groups excluding carboxylic acids is 2. The third-order valence-corrected chi connectivity index (χ3v) is 15.2. The van der Waals surface area contributed by atoms with Gasteiger partial charge in [0.15, 0.2) is 0 Å². The molecule has 0 radical (unpaired) electrons. The average molecular weight is 831 g/mol. The van der Waals surface area contributed by atoms with E-state index < -0.39 is 55.1 Å². The van der Waals surface area contributed by atoms with E-state index in [2.05, 4.69) is 19.1 Å². The fourth-order valence-electron chi connectivity index (χ4n) is 6.20. The van der Waals surface area contributed by atoms with Crippen LogP contribution in [0, 0.1) is 11.6 Å². The van der Waals surface area contributed by atoms with Gasteiger partial charge in [-0.25, -0.2) is 0 Å². The van der Waals surface area contributed by atoms with Gasteiger partial charge in [0.25, 0.3) is 0 Å². The molecule has 276 valence electrons.